The highest BCUT2D eigenvalue weighted by molar-refractivity contribution is 5.21. The first-order chi connectivity index (χ1) is 19.7. The Morgan fingerprint density at radius 3 is 1.75 bits per heavy atom. The molecule has 0 spiro atoms. The number of hydrogen-bond acceptors (Lipinski definition) is 11. The largest absolute Gasteiger partial charge is 0.394 e. The normalized spacial score (nSPS) is 42.4. The third kappa shape index (κ3) is 7.32. The van der Waals surface area contributed by atoms with Gasteiger partial charge in [0.15, 0.2) is 5.79 Å². The molecule has 262 valence electrons. The fraction of sp³-hybridized carbons (Fsp3) is 1.00. The molecule has 12 nitrogen and oxygen atoms in total. The fourth-order valence-electron chi connectivity index (χ4n) is 6.90. The summed E-state index contributed by atoms with van der Waals surface area (Å²) in [6.45, 7) is 18.2. The zero-order valence-electron chi connectivity index (χ0n) is 29.7. The molecule has 5 N–H and O–H groups in total. The number of aliphatic hydroxyl groups is 5. The topological polar surface area (TPSA) is 157 Å². The van der Waals surface area contributed by atoms with E-state index in [1.165, 1.54) is 6.92 Å². The van der Waals surface area contributed by atoms with Crippen LogP contribution in [-0.4, -0.2) is 156 Å². The van der Waals surface area contributed by atoms with Crippen molar-refractivity contribution in [2.24, 2.45) is 5.41 Å². The van der Waals surface area contributed by atoms with Crippen LogP contribution < -0.4 is 0 Å². The highest BCUT2D eigenvalue weighted by atomic mass is 16.8. The highest BCUT2D eigenvalue weighted by Crippen LogP contribution is 2.58. The Labute approximate surface area is 265 Å². The number of ether oxygens (including phenoxy) is 6. The van der Waals surface area contributed by atoms with Crippen molar-refractivity contribution in [2.75, 3.05) is 73.9 Å². The van der Waals surface area contributed by atoms with Crippen LogP contribution in [0.3, 0.4) is 0 Å². The van der Waals surface area contributed by atoms with E-state index in [0.717, 1.165) is 17.4 Å². The molecular weight excluding hydrogens is 574 g/mol. The van der Waals surface area contributed by atoms with Crippen molar-refractivity contribution in [1.29, 1.82) is 0 Å². The minimum Gasteiger partial charge on any atom is -0.394 e. The van der Waals surface area contributed by atoms with Crippen molar-refractivity contribution < 1.29 is 58.4 Å². The van der Waals surface area contributed by atoms with Gasteiger partial charge in [0.1, 0.15) is 40.2 Å². The average molecular weight is 639 g/mol. The summed E-state index contributed by atoms with van der Waals surface area (Å²) >= 11 is 0. The van der Waals surface area contributed by atoms with Crippen LogP contribution >= 0.6 is 0 Å². The molecule has 0 radical (unpaired) electrons. The van der Waals surface area contributed by atoms with Crippen molar-refractivity contribution in [3.8, 4) is 0 Å². The molecule has 2 aliphatic rings. The summed E-state index contributed by atoms with van der Waals surface area (Å²) < 4.78 is 38.0. The van der Waals surface area contributed by atoms with E-state index in [0.29, 0.717) is 13.2 Å². The zero-order chi connectivity index (χ0) is 34.3. The third-order valence-corrected chi connectivity index (χ3v) is 10.4. The van der Waals surface area contributed by atoms with E-state index in [9.17, 15) is 25.5 Å². The standard InChI is InChI=1S/C32H64NO11/c1-25(2)23(35)30(8,43-27(5,31(25,9)38)21-41-20-19-39-17-14-15-33(11,12)13)44-32(10)28(6,22-40-18-16-34)42-26(3,4)24(36)29(32,7)37/h23-24,34-38H,14-22H2,1-13H3/q+1/t23-,24+,27-,28-,29-,30+,31+,32-/m1/s1. The van der Waals surface area contributed by atoms with Gasteiger partial charge in [-0.15, -0.1) is 0 Å². The third-order valence-electron chi connectivity index (χ3n) is 10.4. The molecule has 0 bridgehead atoms. The van der Waals surface area contributed by atoms with E-state index >= 15 is 0 Å². The second kappa shape index (κ2) is 13.2. The first-order valence-electron chi connectivity index (χ1n) is 15.8. The molecule has 0 amide bonds. The van der Waals surface area contributed by atoms with E-state index in [2.05, 4.69) is 21.1 Å². The molecule has 44 heavy (non-hydrogen) atoms. The average Bonchev–Trinajstić information content (AvgIpc) is 2.86. The van der Waals surface area contributed by atoms with Gasteiger partial charge < -0.3 is 58.4 Å². The van der Waals surface area contributed by atoms with Crippen molar-refractivity contribution in [1.82, 2.24) is 0 Å². The Morgan fingerprint density at radius 2 is 1.20 bits per heavy atom. The molecular formula is C32H64NO11+. The monoisotopic (exact) mass is 638 g/mol. The Hall–Kier alpha value is -0.480. The van der Waals surface area contributed by atoms with Gasteiger partial charge in [0.05, 0.1) is 79.5 Å². The summed E-state index contributed by atoms with van der Waals surface area (Å²) in [5.74, 6) is -1.84. The molecule has 2 fully saturated rings. The predicted octanol–water partition coefficient (Wildman–Crippen LogP) is 1.22. The Balaban J connectivity index is 2.38. The maximum absolute atomic E-state index is 12.0. The molecule has 0 unspecified atom stereocenters. The molecule has 0 aromatic rings. The molecule has 2 aliphatic heterocycles. The van der Waals surface area contributed by atoms with Gasteiger partial charge in [0.2, 0.25) is 0 Å². The fourth-order valence-corrected chi connectivity index (χ4v) is 6.90. The van der Waals surface area contributed by atoms with Crippen molar-refractivity contribution in [3.05, 3.63) is 0 Å². The first-order valence-corrected chi connectivity index (χ1v) is 15.8. The van der Waals surface area contributed by atoms with Crippen molar-refractivity contribution in [2.45, 2.75) is 127 Å². The molecule has 8 atom stereocenters. The van der Waals surface area contributed by atoms with Crippen LogP contribution in [-0.2, 0) is 28.4 Å². The Bertz CT molecular complexity index is 951. The molecule has 0 aromatic carbocycles. The van der Waals surface area contributed by atoms with Crippen molar-refractivity contribution >= 4 is 0 Å². The second-order valence-electron chi connectivity index (χ2n) is 16.0. The van der Waals surface area contributed by atoms with Gasteiger partial charge in [0.25, 0.3) is 0 Å². The number of quaternary nitrogens is 1. The van der Waals surface area contributed by atoms with Crippen LogP contribution in [0.5, 0.6) is 0 Å². The lowest BCUT2D eigenvalue weighted by Gasteiger charge is -2.67. The van der Waals surface area contributed by atoms with Crippen LogP contribution in [0.1, 0.15) is 75.7 Å². The second-order valence-corrected chi connectivity index (χ2v) is 16.0. The Kier molecular flexibility index (Phi) is 11.9. The van der Waals surface area contributed by atoms with Gasteiger partial charge in [0, 0.05) is 11.8 Å². The Morgan fingerprint density at radius 1 is 0.682 bits per heavy atom. The van der Waals surface area contributed by atoms with Crippen LogP contribution in [0.15, 0.2) is 0 Å². The minimum atomic E-state index is -1.95. The van der Waals surface area contributed by atoms with Gasteiger partial charge in [-0.1, -0.05) is 13.8 Å². The number of hydrogen-bond donors (Lipinski definition) is 5. The molecule has 0 saturated carbocycles. The number of rotatable bonds is 15. The smallest absolute Gasteiger partial charge is 0.193 e. The van der Waals surface area contributed by atoms with Crippen LogP contribution in [0, 0.1) is 5.41 Å². The zero-order valence-corrected chi connectivity index (χ0v) is 29.7. The maximum atomic E-state index is 12.0. The quantitative estimate of drug-likeness (QED) is 0.130. The summed E-state index contributed by atoms with van der Waals surface area (Å²) in [6, 6.07) is 0. The van der Waals surface area contributed by atoms with E-state index < -0.39 is 57.0 Å². The molecule has 0 aromatic heterocycles. The summed E-state index contributed by atoms with van der Waals surface area (Å²) in [5.41, 5.74) is -10.5. The summed E-state index contributed by atoms with van der Waals surface area (Å²) in [7, 11) is 6.40. The molecule has 2 rings (SSSR count). The molecule has 12 heteroatoms. The lowest BCUT2D eigenvalue weighted by atomic mass is 9.60. The predicted molar refractivity (Wildman–Crippen MR) is 165 cm³/mol. The minimum absolute atomic E-state index is 0.0153. The van der Waals surface area contributed by atoms with Crippen LogP contribution in [0.2, 0.25) is 0 Å². The molecule has 0 aliphatic carbocycles. The van der Waals surface area contributed by atoms with E-state index in [1.807, 2.05) is 0 Å². The summed E-state index contributed by atoms with van der Waals surface area (Å²) in [6.07, 6.45) is -1.91. The lowest BCUT2D eigenvalue weighted by molar-refractivity contribution is -0.870. The number of aliphatic hydroxyl groups excluding tert-OH is 3. The summed E-state index contributed by atoms with van der Waals surface area (Å²) in [5, 5.41) is 56.4. The van der Waals surface area contributed by atoms with Gasteiger partial charge in [-0.05, 0) is 55.4 Å². The van der Waals surface area contributed by atoms with Gasteiger partial charge >= 0.3 is 0 Å². The maximum Gasteiger partial charge on any atom is 0.193 e. The van der Waals surface area contributed by atoms with E-state index in [1.54, 1.807) is 62.3 Å². The van der Waals surface area contributed by atoms with Gasteiger partial charge in [-0.3, -0.25) is 0 Å². The summed E-state index contributed by atoms with van der Waals surface area (Å²) in [4.78, 5) is 0. The number of nitrogens with zero attached hydrogens (tertiary/aromatic N) is 1. The van der Waals surface area contributed by atoms with E-state index in [4.69, 9.17) is 28.4 Å². The van der Waals surface area contributed by atoms with E-state index in [-0.39, 0.29) is 33.0 Å². The van der Waals surface area contributed by atoms with Gasteiger partial charge in [-0.25, -0.2) is 0 Å². The lowest BCUT2D eigenvalue weighted by Crippen LogP contribution is -2.83. The van der Waals surface area contributed by atoms with Crippen molar-refractivity contribution in [3.63, 3.8) is 0 Å². The van der Waals surface area contributed by atoms with Crippen LogP contribution in [0.4, 0.5) is 0 Å². The van der Waals surface area contributed by atoms with Crippen LogP contribution in [0.25, 0.3) is 0 Å². The SMILES string of the molecule is CC1(C)O[C@](C)(COCCO)[C@@](C)(O[C@]2(C)O[C@](C)(COCCOCCC[N+](C)(C)C)[C@@](C)(O)C(C)(C)[C@H]2O)[C@](C)(O)[C@H]1O. The van der Waals surface area contributed by atoms with Gasteiger partial charge in [-0.2, -0.15) is 0 Å². The molecule has 2 heterocycles. The first kappa shape index (κ1) is 39.7. The molecule has 2 saturated heterocycles. The highest BCUT2D eigenvalue weighted by Gasteiger charge is 2.74.